The number of ether oxygens (including phenoxy) is 1. The van der Waals surface area contributed by atoms with E-state index in [1.165, 1.54) is 5.57 Å². The van der Waals surface area contributed by atoms with Crippen LogP contribution in [0.5, 0.6) is 0 Å². The zero-order chi connectivity index (χ0) is 11.2. The third-order valence-corrected chi connectivity index (χ3v) is 1.78. The largest absolute Gasteiger partial charge is 0.497 e. The summed E-state index contributed by atoms with van der Waals surface area (Å²) in [6, 6.07) is 0. The molecule has 0 aliphatic carbocycles. The lowest BCUT2D eigenvalue weighted by Crippen LogP contribution is -2.31. The minimum absolute atomic E-state index is 0.180. The van der Waals surface area contributed by atoms with E-state index < -0.39 is 0 Å². The average molecular weight is 195 g/mol. The molecule has 0 amide bonds. The molecule has 0 unspecified atom stereocenters. The van der Waals surface area contributed by atoms with Crippen molar-refractivity contribution in [1.29, 1.82) is 0 Å². The van der Waals surface area contributed by atoms with Crippen molar-refractivity contribution in [2.24, 2.45) is 5.73 Å². The molecule has 0 fully saturated rings. The fourth-order valence-electron chi connectivity index (χ4n) is 1.05. The van der Waals surface area contributed by atoms with E-state index in [4.69, 9.17) is 10.5 Å². The minimum atomic E-state index is -0.180. The maximum absolute atomic E-state index is 5.92. The van der Waals surface area contributed by atoms with Crippen LogP contribution in [0.2, 0.25) is 0 Å². The molecule has 2 nitrogen and oxygen atoms in total. The number of hydrogen-bond acceptors (Lipinski definition) is 2. The van der Waals surface area contributed by atoms with Crippen molar-refractivity contribution in [3.05, 3.63) is 36.1 Å². The molecule has 0 atom stereocenters. The quantitative estimate of drug-likeness (QED) is 0.541. The predicted molar refractivity (Wildman–Crippen MR) is 61.9 cm³/mol. The zero-order valence-electron chi connectivity index (χ0n) is 9.63. The minimum Gasteiger partial charge on any atom is -0.497 e. The molecule has 0 aromatic heterocycles. The van der Waals surface area contributed by atoms with Gasteiger partial charge in [0.2, 0.25) is 0 Å². The first-order valence-electron chi connectivity index (χ1n) is 4.74. The van der Waals surface area contributed by atoms with Gasteiger partial charge in [-0.1, -0.05) is 24.3 Å². The standard InChI is InChI=1S/C12H21NO/c1-6-11(9-12(3,4)13)8-7-10(2)14-5/h6-8H,2,9,13H2,1,3-5H3/b8-7-,11-6+. The van der Waals surface area contributed by atoms with Crippen LogP contribution in [-0.2, 0) is 4.74 Å². The van der Waals surface area contributed by atoms with Crippen LogP contribution < -0.4 is 5.73 Å². The van der Waals surface area contributed by atoms with Gasteiger partial charge in [-0.05, 0) is 33.3 Å². The SMILES string of the molecule is C=C(/C=C\C(=C/C)CC(C)(C)N)OC. The van der Waals surface area contributed by atoms with Gasteiger partial charge in [0.05, 0.1) is 7.11 Å². The van der Waals surface area contributed by atoms with Crippen molar-refractivity contribution in [3.8, 4) is 0 Å². The van der Waals surface area contributed by atoms with Gasteiger partial charge in [-0.3, -0.25) is 0 Å². The number of allylic oxidation sites excluding steroid dienone is 3. The average Bonchev–Trinajstić information content (AvgIpc) is 2.09. The van der Waals surface area contributed by atoms with Crippen molar-refractivity contribution in [2.75, 3.05) is 7.11 Å². The number of methoxy groups -OCH3 is 1. The van der Waals surface area contributed by atoms with E-state index in [0.29, 0.717) is 5.76 Å². The Hall–Kier alpha value is -1.02. The second-order valence-corrected chi connectivity index (χ2v) is 4.03. The second-order valence-electron chi connectivity index (χ2n) is 4.03. The maximum Gasteiger partial charge on any atom is 0.111 e. The number of hydrogen-bond donors (Lipinski definition) is 1. The first kappa shape index (κ1) is 13.0. The summed E-state index contributed by atoms with van der Waals surface area (Å²) in [5.74, 6) is 0.652. The Labute approximate surface area is 87.1 Å². The number of rotatable bonds is 5. The van der Waals surface area contributed by atoms with Crippen LogP contribution in [0, 0.1) is 0 Å². The van der Waals surface area contributed by atoms with E-state index >= 15 is 0 Å². The third-order valence-electron chi connectivity index (χ3n) is 1.78. The van der Waals surface area contributed by atoms with Gasteiger partial charge in [-0.15, -0.1) is 0 Å². The molecule has 0 saturated heterocycles. The Morgan fingerprint density at radius 3 is 2.36 bits per heavy atom. The van der Waals surface area contributed by atoms with Gasteiger partial charge in [-0.25, -0.2) is 0 Å². The zero-order valence-corrected chi connectivity index (χ0v) is 9.63. The Morgan fingerprint density at radius 2 is 2.00 bits per heavy atom. The molecule has 0 aromatic rings. The smallest absolute Gasteiger partial charge is 0.111 e. The lowest BCUT2D eigenvalue weighted by molar-refractivity contribution is 0.308. The Morgan fingerprint density at radius 1 is 1.43 bits per heavy atom. The van der Waals surface area contributed by atoms with Crippen molar-refractivity contribution in [1.82, 2.24) is 0 Å². The van der Waals surface area contributed by atoms with Gasteiger partial charge in [0.25, 0.3) is 0 Å². The van der Waals surface area contributed by atoms with E-state index in [1.54, 1.807) is 7.11 Å². The van der Waals surface area contributed by atoms with E-state index in [-0.39, 0.29) is 5.54 Å². The summed E-state index contributed by atoms with van der Waals surface area (Å²) in [6.07, 6.45) is 6.73. The highest BCUT2D eigenvalue weighted by Crippen LogP contribution is 2.14. The molecule has 0 saturated carbocycles. The van der Waals surface area contributed by atoms with Crippen LogP contribution in [0.25, 0.3) is 0 Å². The molecule has 0 heterocycles. The van der Waals surface area contributed by atoms with Gasteiger partial charge < -0.3 is 10.5 Å². The molecule has 0 bridgehead atoms. The van der Waals surface area contributed by atoms with Crippen molar-refractivity contribution in [2.45, 2.75) is 32.7 Å². The fourth-order valence-corrected chi connectivity index (χ4v) is 1.05. The normalized spacial score (nSPS) is 13.4. The first-order valence-corrected chi connectivity index (χ1v) is 4.74. The van der Waals surface area contributed by atoms with Crippen LogP contribution in [0.1, 0.15) is 27.2 Å². The van der Waals surface area contributed by atoms with Gasteiger partial charge in [0.1, 0.15) is 5.76 Å². The van der Waals surface area contributed by atoms with E-state index in [9.17, 15) is 0 Å². The van der Waals surface area contributed by atoms with Gasteiger partial charge in [0, 0.05) is 5.54 Å². The molecule has 0 radical (unpaired) electrons. The Balaban J connectivity index is 4.33. The summed E-state index contributed by atoms with van der Waals surface area (Å²) in [5, 5.41) is 0. The lowest BCUT2D eigenvalue weighted by atomic mass is 9.95. The summed E-state index contributed by atoms with van der Waals surface area (Å²) in [6.45, 7) is 9.73. The molecule has 0 spiro atoms. The number of nitrogens with two attached hydrogens (primary N) is 1. The second kappa shape index (κ2) is 5.66. The first-order chi connectivity index (χ1) is 6.39. The molecule has 14 heavy (non-hydrogen) atoms. The highest BCUT2D eigenvalue weighted by atomic mass is 16.5. The Kier molecular flexibility index (Phi) is 5.24. The van der Waals surface area contributed by atoms with Gasteiger partial charge in [-0.2, -0.15) is 0 Å². The highest BCUT2D eigenvalue weighted by Gasteiger charge is 2.11. The molecule has 0 aromatic carbocycles. The van der Waals surface area contributed by atoms with Crippen LogP contribution in [0.4, 0.5) is 0 Å². The highest BCUT2D eigenvalue weighted by molar-refractivity contribution is 5.24. The Bertz CT molecular complexity index is 244. The molecule has 2 heteroatoms. The van der Waals surface area contributed by atoms with Gasteiger partial charge >= 0.3 is 0 Å². The molecule has 2 N–H and O–H groups in total. The van der Waals surface area contributed by atoms with E-state index in [1.807, 2.05) is 39.0 Å². The van der Waals surface area contributed by atoms with Crippen molar-refractivity contribution in [3.63, 3.8) is 0 Å². The van der Waals surface area contributed by atoms with Crippen LogP contribution in [0.3, 0.4) is 0 Å². The molecule has 80 valence electrons. The summed E-state index contributed by atoms with van der Waals surface area (Å²) < 4.78 is 4.94. The predicted octanol–water partition coefficient (Wildman–Crippen LogP) is 2.78. The third kappa shape index (κ3) is 6.49. The monoisotopic (exact) mass is 195 g/mol. The van der Waals surface area contributed by atoms with Crippen LogP contribution in [0.15, 0.2) is 36.1 Å². The maximum atomic E-state index is 5.92. The van der Waals surface area contributed by atoms with E-state index in [0.717, 1.165) is 6.42 Å². The summed E-state index contributed by atoms with van der Waals surface area (Å²) in [4.78, 5) is 0. The molecular weight excluding hydrogens is 174 g/mol. The summed E-state index contributed by atoms with van der Waals surface area (Å²) >= 11 is 0. The lowest BCUT2D eigenvalue weighted by Gasteiger charge is -2.18. The molecular formula is C12H21NO. The molecule has 0 aliphatic rings. The van der Waals surface area contributed by atoms with E-state index in [2.05, 4.69) is 6.58 Å². The molecule has 0 rings (SSSR count). The topological polar surface area (TPSA) is 35.2 Å². The molecule has 0 aliphatic heterocycles. The summed E-state index contributed by atoms with van der Waals surface area (Å²) in [5.41, 5.74) is 6.93. The van der Waals surface area contributed by atoms with Crippen LogP contribution >= 0.6 is 0 Å². The van der Waals surface area contributed by atoms with Gasteiger partial charge in [0.15, 0.2) is 0 Å². The van der Waals surface area contributed by atoms with Crippen molar-refractivity contribution < 1.29 is 4.74 Å². The summed E-state index contributed by atoms with van der Waals surface area (Å²) in [7, 11) is 1.61. The van der Waals surface area contributed by atoms with Crippen molar-refractivity contribution >= 4 is 0 Å². The fraction of sp³-hybridized carbons (Fsp3) is 0.500. The van der Waals surface area contributed by atoms with Crippen LogP contribution in [-0.4, -0.2) is 12.6 Å².